The molecule has 3 aromatic carbocycles. The topological polar surface area (TPSA) is 58.4 Å². The normalized spacial score (nSPS) is 23.5. The number of hydrogen-bond donors (Lipinski definition) is 0. The van der Waals surface area contributed by atoms with Crippen LogP contribution in [0, 0.1) is 11.7 Å². The van der Waals surface area contributed by atoms with Gasteiger partial charge in [0.1, 0.15) is 12.3 Å². The van der Waals surface area contributed by atoms with E-state index in [-0.39, 0.29) is 39.9 Å². The smallest absolute Gasteiger partial charge is 0.336 e. The fraction of sp³-hybridized carbons (Fsp3) is 0.378. The van der Waals surface area contributed by atoms with E-state index in [1.807, 2.05) is 0 Å². The first-order chi connectivity index (χ1) is 28.8. The van der Waals surface area contributed by atoms with Crippen molar-refractivity contribution in [3.63, 3.8) is 0 Å². The summed E-state index contributed by atoms with van der Waals surface area (Å²) in [5.74, 6) is -7.10. The minimum Gasteiger partial charge on any atom is -0.336 e. The third-order valence-electron chi connectivity index (χ3n) is 7.07. The number of hydrogen-bond acceptors (Lipinski definition) is 5. The first-order valence-electron chi connectivity index (χ1n) is 22.2. The van der Waals surface area contributed by atoms with Crippen molar-refractivity contribution in [1.29, 1.82) is 0 Å². The Hall–Kier alpha value is -3.96. The van der Waals surface area contributed by atoms with Gasteiger partial charge in [0, 0.05) is 46.1 Å². The van der Waals surface area contributed by atoms with Gasteiger partial charge in [-0.1, -0.05) is 81.0 Å². The van der Waals surface area contributed by atoms with Crippen LogP contribution < -0.4 is 5.56 Å². The van der Waals surface area contributed by atoms with Crippen LogP contribution in [0.1, 0.15) is 69.3 Å². The molecule has 0 bridgehead atoms. The molecule has 1 unspecified atom stereocenters. The molecule has 1 aliphatic rings. The average Bonchev–Trinajstić information content (AvgIpc) is 3.31. The van der Waals surface area contributed by atoms with E-state index in [2.05, 4.69) is 4.98 Å². The third kappa shape index (κ3) is 8.73. The number of carbonyl (C=O) groups is 1. The SMILES string of the molecule is [2H]c1c([2H])c(CSc2nc(=O)c3c(n2C([2H])([2H])C(=O)N(Cc2ccc(-c4ccc(C(F)(F)F)cc4)cc2)C([2H])([2H])C([2H])([2H])N(CC)CC)C([2H])([2H])C([2H])(C)C3([2H])[2H])c([2H])c([2H])c1F. The summed E-state index contributed by atoms with van der Waals surface area (Å²) in [5, 5.41) is -0.941. The minimum atomic E-state index is -4.60. The van der Waals surface area contributed by atoms with Crippen molar-refractivity contribution in [3.8, 4) is 11.1 Å². The van der Waals surface area contributed by atoms with Gasteiger partial charge in [-0.05, 0) is 78.2 Å². The van der Waals surface area contributed by atoms with Crippen LogP contribution >= 0.6 is 11.8 Å². The largest absolute Gasteiger partial charge is 0.416 e. The molecular weight excluding hydrogens is 640 g/mol. The number of benzene rings is 3. The van der Waals surface area contributed by atoms with Crippen molar-refractivity contribution >= 4 is 17.7 Å². The molecule has 48 heavy (non-hydrogen) atoms. The van der Waals surface area contributed by atoms with Gasteiger partial charge in [0.25, 0.3) is 5.56 Å². The van der Waals surface area contributed by atoms with E-state index in [1.54, 1.807) is 0 Å². The first kappa shape index (κ1) is 20.5. The number of aromatic nitrogens is 2. The maximum atomic E-state index is 15.0. The molecule has 5 rings (SSSR count). The predicted octanol–water partition coefficient (Wildman–Crippen LogP) is 7.47. The second-order valence-corrected chi connectivity index (χ2v) is 11.3. The van der Waals surface area contributed by atoms with Gasteiger partial charge in [-0.3, -0.25) is 9.59 Å². The zero-order chi connectivity index (χ0) is 47.8. The lowest BCUT2D eigenvalue weighted by Crippen LogP contribution is -2.40. The van der Waals surface area contributed by atoms with E-state index in [4.69, 9.17) is 15.1 Å². The lowest BCUT2D eigenvalue weighted by Gasteiger charge is -2.28. The van der Waals surface area contributed by atoms with Crippen LogP contribution in [0.2, 0.25) is 0 Å². The lowest BCUT2D eigenvalue weighted by molar-refractivity contribution is -0.137. The highest BCUT2D eigenvalue weighted by molar-refractivity contribution is 7.98. The van der Waals surface area contributed by atoms with Crippen molar-refractivity contribution < 1.29 is 42.9 Å². The second-order valence-electron chi connectivity index (χ2n) is 10.4. The Bertz CT molecular complexity index is 2450. The number of thioether (sulfide) groups is 1. The number of rotatable bonds is 13. The van der Waals surface area contributed by atoms with E-state index in [1.165, 1.54) is 50.2 Å². The molecule has 254 valence electrons. The minimum absolute atomic E-state index is 0.0388. The summed E-state index contributed by atoms with van der Waals surface area (Å²) >= 11 is 0.243. The van der Waals surface area contributed by atoms with E-state index < -0.39 is 126 Å². The Morgan fingerprint density at radius 1 is 1.02 bits per heavy atom. The number of fused-ring (bicyclic) bond motifs is 1. The Morgan fingerprint density at radius 3 is 2.25 bits per heavy atom. The molecule has 0 saturated heterocycles. The molecule has 0 aliphatic heterocycles. The predicted molar refractivity (Wildman–Crippen MR) is 181 cm³/mol. The van der Waals surface area contributed by atoms with Gasteiger partial charge in [0.05, 0.1) is 16.5 Å². The van der Waals surface area contributed by atoms with Gasteiger partial charge < -0.3 is 14.4 Å². The quantitative estimate of drug-likeness (QED) is 0.0826. The van der Waals surface area contributed by atoms with Crippen LogP contribution in [0.3, 0.4) is 0 Å². The number of halogens is 4. The van der Waals surface area contributed by atoms with Gasteiger partial charge in [-0.2, -0.15) is 18.2 Å². The van der Waals surface area contributed by atoms with Crippen LogP contribution in [-0.2, 0) is 42.5 Å². The molecule has 4 aromatic rings. The summed E-state index contributed by atoms with van der Waals surface area (Å²) in [5.41, 5.74) is -4.53. The van der Waals surface area contributed by atoms with Gasteiger partial charge in [-0.15, -0.1) is 0 Å². The average molecular weight is 696 g/mol. The third-order valence-corrected chi connectivity index (χ3v) is 8.04. The summed E-state index contributed by atoms with van der Waals surface area (Å²) in [6.07, 6.45) is -11.2. The van der Waals surface area contributed by atoms with Gasteiger partial charge in [-0.25, -0.2) is 4.39 Å². The zero-order valence-electron chi connectivity index (χ0n) is 41.0. The summed E-state index contributed by atoms with van der Waals surface area (Å²) in [4.78, 5) is 33.6. The molecule has 0 N–H and O–H groups in total. The molecule has 1 aromatic heterocycles. The van der Waals surface area contributed by atoms with Gasteiger partial charge in [0.2, 0.25) is 5.91 Å². The van der Waals surface area contributed by atoms with E-state index >= 15 is 4.79 Å². The van der Waals surface area contributed by atoms with E-state index in [9.17, 15) is 27.8 Å². The molecule has 6 nitrogen and oxygen atoms in total. The fourth-order valence-electron chi connectivity index (χ4n) is 4.53. The number of amides is 1. The highest BCUT2D eigenvalue weighted by Crippen LogP contribution is 2.32. The summed E-state index contributed by atoms with van der Waals surface area (Å²) in [7, 11) is 0. The Morgan fingerprint density at radius 2 is 1.65 bits per heavy atom. The molecule has 0 radical (unpaired) electrons. The van der Waals surface area contributed by atoms with Crippen LogP contribution in [0.25, 0.3) is 11.1 Å². The molecule has 1 aliphatic carbocycles. The van der Waals surface area contributed by atoms with Crippen molar-refractivity contribution in [1.82, 2.24) is 19.4 Å². The highest BCUT2D eigenvalue weighted by atomic mass is 32.2. The van der Waals surface area contributed by atoms with Crippen LogP contribution in [0.5, 0.6) is 0 Å². The Labute approximate surface area is 303 Å². The van der Waals surface area contributed by atoms with E-state index in [0.29, 0.717) is 11.1 Å². The zero-order valence-corrected chi connectivity index (χ0v) is 26.8. The van der Waals surface area contributed by atoms with E-state index in [0.717, 1.165) is 24.0 Å². The van der Waals surface area contributed by atoms with Crippen molar-refractivity contribution in [2.24, 2.45) is 5.89 Å². The molecule has 1 heterocycles. The maximum Gasteiger partial charge on any atom is 0.416 e. The standard InChI is InChI=1S/C37H40F4N4O2S/c1-4-43(5-2)18-19-44(22-26-6-10-28(11-7-26)29-12-14-30(15-13-29)37(39,40)41)34(46)23-45-33-21-25(3)20-32(33)35(47)42-36(45)48-24-27-8-16-31(38)17-9-27/h6-17,25H,4-5,18-24H2,1-3H3/i8D,9D,16D,17D,18D2,19D2,20D2,21D2,23D2,25D. The Balaban J connectivity index is 1.73. The summed E-state index contributed by atoms with van der Waals surface area (Å²) < 4.78 is 186. The van der Waals surface area contributed by atoms with Crippen LogP contribution in [0.15, 0.2) is 82.7 Å². The Kier molecular flexibility index (Phi) is 6.63. The van der Waals surface area contributed by atoms with Gasteiger partial charge >= 0.3 is 6.18 Å². The number of nitrogens with zero attached hydrogens (tertiary/aromatic N) is 4. The second kappa shape index (κ2) is 15.5. The van der Waals surface area contributed by atoms with Crippen molar-refractivity contribution in [2.75, 3.05) is 26.1 Å². The van der Waals surface area contributed by atoms with Gasteiger partial charge in [0.15, 0.2) is 5.16 Å². The maximum absolute atomic E-state index is 15.0. The van der Waals surface area contributed by atoms with Crippen molar-refractivity contribution in [2.45, 2.75) is 63.6 Å². The number of carbonyl (C=O) groups excluding carboxylic acids is 1. The molecule has 0 spiro atoms. The highest BCUT2D eigenvalue weighted by Gasteiger charge is 2.30. The molecule has 1 atom stereocenters. The first-order valence-corrected chi connectivity index (χ1v) is 15.6. The fourth-order valence-corrected chi connectivity index (χ4v) is 5.36. The van der Waals surface area contributed by atoms with Crippen LogP contribution in [0.4, 0.5) is 17.6 Å². The van der Waals surface area contributed by atoms with Crippen LogP contribution in [-0.4, -0.2) is 51.3 Å². The number of likely N-dealkylation sites (N-methyl/N-ethyl adjacent to an activating group) is 1. The summed E-state index contributed by atoms with van der Waals surface area (Å²) in [6, 6.07) is 5.65. The van der Waals surface area contributed by atoms with Crippen molar-refractivity contribution in [3.05, 3.63) is 117 Å². The molecular formula is C37H40F4N4O2S. The molecule has 0 saturated carbocycles. The number of alkyl halides is 3. The molecule has 1 amide bonds. The monoisotopic (exact) mass is 695 g/mol. The molecule has 0 fully saturated rings. The molecule has 11 heteroatoms. The lowest BCUT2D eigenvalue weighted by atomic mass is 10.0. The summed E-state index contributed by atoms with van der Waals surface area (Å²) in [6.45, 7) is -7.83.